The molecule has 0 heterocycles. The molecular formula is C12H19N3O. The molecule has 1 unspecified atom stereocenters. The number of hydrogen-bond acceptors (Lipinski definition) is 3. The minimum Gasteiger partial charge on any atom is -0.399 e. The lowest BCUT2D eigenvalue weighted by atomic mass is 10.2. The number of nitrogen functional groups attached to an aromatic ring is 1. The van der Waals surface area contributed by atoms with E-state index in [9.17, 15) is 4.79 Å². The molecule has 0 fully saturated rings. The molecule has 1 aromatic carbocycles. The molecule has 0 radical (unpaired) electrons. The fourth-order valence-corrected chi connectivity index (χ4v) is 1.63. The van der Waals surface area contributed by atoms with Crippen LogP contribution in [0.1, 0.15) is 13.3 Å². The van der Waals surface area contributed by atoms with Gasteiger partial charge < -0.3 is 11.1 Å². The third-order valence-electron chi connectivity index (χ3n) is 2.47. The van der Waals surface area contributed by atoms with E-state index in [1.165, 1.54) is 0 Å². The number of benzene rings is 1. The van der Waals surface area contributed by atoms with Gasteiger partial charge in [-0.25, -0.2) is 0 Å². The minimum absolute atomic E-state index is 0.00176. The summed E-state index contributed by atoms with van der Waals surface area (Å²) in [5, 5.41) is 2.85. The number of anilines is 2. The van der Waals surface area contributed by atoms with E-state index in [1.807, 2.05) is 38.1 Å². The van der Waals surface area contributed by atoms with Crippen LogP contribution in [-0.4, -0.2) is 30.9 Å². The maximum absolute atomic E-state index is 11.9. The van der Waals surface area contributed by atoms with Crippen LogP contribution in [0, 0.1) is 0 Å². The molecule has 88 valence electrons. The first-order valence-electron chi connectivity index (χ1n) is 5.37. The van der Waals surface area contributed by atoms with Gasteiger partial charge in [0.05, 0.1) is 6.04 Å². The van der Waals surface area contributed by atoms with Gasteiger partial charge in [-0.1, -0.05) is 13.0 Å². The van der Waals surface area contributed by atoms with Crippen molar-refractivity contribution in [2.75, 3.05) is 25.1 Å². The average Bonchev–Trinajstić information content (AvgIpc) is 2.17. The zero-order valence-electron chi connectivity index (χ0n) is 10.0. The highest BCUT2D eigenvalue weighted by Gasteiger charge is 2.18. The molecule has 0 spiro atoms. The van der Waals surface area contributed by atoms with Crippen LogP contribution in [-0.2, 0) is 4.79 Å². The lowest BCUT2D eigenvalue weighted by molar-refractivity contribution is -0.120. The van der Waals surface area contributed by atoms with Crippen molar-refractivity contribution in [3.05, 3.63) is 24.3 Å². The van der Waals surface area contributed by atoms with E-state index in [-0.39, 0.29) is 11.9 Å². The second kappa shape index (κ2) is 5.51. The Morgan fingerprint density at radius 3 is 2.69 bits per heavy atom. The van der Waals surface area contributed by atoms with Gasteiger partial charge in [0, 0.05) is 11.4 Å². The van der Waals surface area contributed by atoms with Crippen LogP contribution in [0.5, 0.6) is 0 Å². The van der Waals surface area contributed by atoms with Crippen LogP contribution >= 0.6 is 0 Å². The van der Waals surface area contributed by atoms with E-state index >= 15 is 0 Å². The zero-order valence-corrected chi connectivity index (χ0v) is 10.0. The first-order chi connectivity index (χ1) is 7.54. The van der Waals surface area contributed by atoms with E-state index in [0.717, 1.165) is 12.1 Å². The van der Waals surface area contributed by atoms with Gasteiger partial charge in [0.15, 0.2) is 0 Å². The fourth-order valence-electron chi connectivity index (χ4n) is 1.63. The normalized spacial score (nSPS) is 12.5. The highest BCUT2D eigenvalue weighted by Crippen LogP contribution is 2.13. The molecule has 0 aromatic heterocycles. The summed E-state index contributed by atoms with van der Waals surface area (Å²) in [5.74, 6) is -0.00176. The summed E-state index contributed by atoms with van der Waals surface area (Å²) >= 11 is 0. The smallest absolute Gasteiger partial charge is 0.241 e. The Morgan fingerprint density at radius 1 is 1.50 bits per heavy atom. The molecule has 0 aliphatic rings. The molecule has 4 nitrogen and oxygen atoms in total. The van der Waals surface area contributed by atoms with Gasteiger partial charge in [0.2, 0.25) is 5.91 Å². The Kier molecular flexibility index (Phi) is 4.31. The number of likely N-dealkylation sites (N-methyl/N-ethyl adjacent to an activating group) is 1. The second-order valence-corrected chi connectivity index (χ2v) is 4.00. The van der Waals surface area contributed by atoms with Crippen LogP contribution in [0.2, 0.25) is 0 Å². The number of rotatable bonds is 4. The standard InChI is InChI=1S/C12H19N3O/c1-4-11(15(2)3)12(16)14-10-7-5-6-9(13)8-10/h5-8,11H,4,13H2,1-3H3,(H,14,16). The number of nitrogens with one attached hydrogen (secondary N) is 1. The van der Waals surface area contributed by atoms with Crippen molar-refractivity contribution in [2.45, 2.75) is 19.4 Å². The van der Waals surface area contributed by atoms with Gasteiger partial charge in [-0.15, -0.1) is 0 Å². The monoisotopic (exact) mass is 221 g/mol. The number of carbonyl (C=O) groups excluding carboxylic acids is 1. The van der Waals surface area contributed by atoms with Gasteiger partial charge in [0.25, 0.3) is 0 Å². The molecule has 0 bridgehead atoms. The Bertz CT molecular complexity index is 363. The molecule has 0 saturated heterocycles. The first-order valence-corrected chi connectivity index (χ1v) is 5.37. The van der Waals surface area contributed by atoms with Crippen molar-refractivity contribution in [3.63, 3.8) is 0 Å². The third-order valence-corrected chi connectivity index (χ3v) is 2.47. The van der Waals surface area contributed by atoms with Crippen molar-refractivity contribution in [1.29, 1.82) is 0 Å². The van der Waals surface area contributed by atoms with Gasteiger partial charge in [-0.2, -0.15) is 0 Å². The predicted octanol–water partition coefficient (Wildman–Crippen LogP) is 1.55. The van der Waals surface area contributed by atoms with Gasteiger partial charge in [0.1, 0.15) is 0 Å². The summed E-state index contributed by atoms with van der Waals surface area (Å²) in [7, 11) is 3.79. The summed E-state index contributed by atoms with van der Waals surface area (Å²) in [6.07, 6.45) is 0.779. The molecule has 1 atom stereocenters. The minimum atomic E-state index is -0.110. The largest absolute Gasteiger partial charge is 0.399 e. The van der Waals surface area contributed by atoms with Crippen molar-refractivity contribution >= 4 is 17.3 Å². The van der Waals surface area contributed by atoms with Crippen molar-refractivity contribution in [2.24, 2.45) is 0 Å². The third kappa shape index (κ3) is 3.24. The number of nitrogens with two attached hydrogens (primary N) is 1. The van der Waals surface area contributed by atoms with Crippen molar-refractivity contribution in [3.8, 4) is 0 Å². The molecule has 16 heavy (non-hydrogen) atoms. The summed E-state index contributed by atoms with van der Waals surface area (Å²) in [4.78, 5) is 13.8. The molecule has 1 rings (SSSR count). The Labute approximate surface area is 96.4 Å². The Balaban J connectivity index is 2.70. The zero-order chi connectivity index (χ0) is 12.1. The summed E-state index contributed by atoms with van der Waals surface area (Å²) in [6.45, 7) is 1.99. The van der Waals surface area contributed by atoms with Crippen LogP contribution in [0.3, 0.4) is 0 Å². The molecular weight excluding hydrogens is 202 g/mol. The fraction of sp³-hybridized carbons (Fsp3) is 0.417. The highest BCUT2D eigenvalue weighted by molar-refractivity contribution is 5.95. The SMILES string of the molecule is CCC(C(=O)Nc1cccc(N)c1)N(C)C. The molecule has 3 N–H and O–H groups in total. The molecule has 0 aliphatic heterocycles. The van der Waals surface area contributed by atoms with E-state index in [0.29, 0.717) is 5.69 Å². The van der Waals surface area contributed by atoms with E-state index in [2.05, 4.69) is 5.32 Å². The van der Waals surface area contributed by atoms with Crippen molar-refractivity contribution in [1.82, 2.24) is 4.90 Å². The number of carbonyl (C=O) groups is 1. The summed E-state index contributed by atoms with van der Waals surface area (Å²) in [5.41, 5.74) is 7.03. The molecule has 1 amide bonds. The quantitative estimate of drug-likeness (QED) is 0.758. The van der Waals surface area contributed by atoms with Crippen LogP contribution in [0.4, 0.5) is 11.4 Å². The van der Waals surface area contributed by atoms with Crippen LogP contribution in [0.25, 0.3) is 0 Å². The summed E-state index contributed by atoms with van der Waals surface area (Å²) in [6, 6.07) is 7.08. The van der Waals surface area contributed by atoms with E-state index in [4.69, 9.17) is 5.73 Å². The van der Waals surface area contributed by atoms with E-state index < -0.39 is 0 Å². The molecule has 0 aliphatic carbocycles. The van der Waals surface area contributed by atoms with Crippen molar-refractivity contribution < 1.29 is 4.79 Å². The van der Waals surface area contributed by atoms with Crippen LogP contribution < -0.4 is 11.1 Å². The average molecular weight is 221 g/mol. The van der Waals surface area contributed by atoms with Gasteiger partial charge >= 0.3 is 0 Å². The first kappa shape index (κ1) is 12.5. The molecule has 1 aromatic rings. The number of nitrogens with zero attached hydrogens (tertiary/aromatic N) is 1. The second-order valence-electron chi connectivity index (χ2n) is 4.00. The lowest BCUT2D eigenvalue weighted by Gasteiger charge is -2.21. The topological polar surface area (TPSA) is 58.4 Å². The summed E-state index contributed by atoms with van der Waals surface area (Å²) < 4.78 is 0. The molecule has 0 saturated carbocycles. The number of amides is 1. The lowest BCUT2D eigenvalue weighted by Crippen LogP contribution is -2.39. The number of hydrogen-bond donors (Lipinski definition) is 2. The maximum Gasteiger partial charge on any atom is 0.241 e. The Morgan fingerprint density at radius 2 is 2.19 bits per heavy atom. The van der Waals surface area contributed by atoms with Gasteiger partial charge in [-0.3, -0.25) is 9.69 Å². The molecule has 4 heteroatoms. The van der Waals surface area contributed by atoms with Crippen LogP contribution in [0.15, 0.2) is 24.3 Å². The predicted molar refractivity (Wildman–Crippen MR) is 67.3 cm³/mol. The maximum atomic E-state index is 11.9. The van der Waals surface area contributed by atoms with Gasteiger partial charge in [-0.05, 0) is 38.7 Å². The van der Waals surface area contributed by atoms with E-state index in [1.54, 1.807) is 12.1 Å². The highest BCUT2D eigenvalue weighted by atomic mass is 16.2. The Hall–Kier alpha value is -1.55.